The number of rotatable bonds is 3. The summed E-state index contributed by atoms with van der Waals surface area (Å²) in [5.74, 6) is -0.265. The molecule has 0 saturated heterocycles. The van der Waals surface area contributed by atoms with E-state index in [1.807, 2.05) is 0 Å². The predicted molar refractivity (Wildman–Crippen MR) is 33.7 cm³/mol. The molecule has 0 saturated carbocycles. The molecule has 0 aliphatic heterocycles. The first-order valence-electron chi connectivity index (χ1n) is 2.45. The monoisotopic (exact) mass is 168 g/mol. The lowest BCUT2D eigenvalue weighted by atomic mass is 10.9. The first-order chi connectivity index (χ1) is 4.42. The van der Waals surface area contributed by atoms with Crippen LogP contribution in [0.3, 0.4) is 0 Å². The molecule has 0 radical (unpaired) electrons. The van der Waals surface area contributed by atoms with Crippen LogP contribution >= 0.6 is 0 Å². The van der Waals surface area contributed by atoms with Gasteiger partial charge in [0.05, 0.1) is 5.75 Å². The van der Waals surface area contributed by atoms with E-state index in [2.05, 4.69) is 4.74 Å². The van der Waals surface area contributed by atoms with E-state index in [0.717, 1.165) is 6.26 Å². The third-order valence-electron chi connectivity index (χ3n) is 0.680. The molecule has 0 aliphatic carbocycles. The summed E-state index contributed by atoms with van der Waals surface area (Å²) >= 11 is 0. The van der Waals surface area contributed by atoms with Gasteiger partial charge in [-0.1, -0.05) is 0 Å². The molecule has 0 unspecified atom stereocenters. The van der Waals surface area contributed by atoms with E-state index >= 15 is 0 Å². The molecule has 5 nitrogen and oxygen atoms in total. The summed E-state index contributed by atoms with van der Waals surface area (Å²) in [4.78, 5) is 9.67. The van der Waals surface area contributed by atoms with Gasteiger partial charge in [0.2, 0.25) is 0 Å². The van der Waals surface area contributed by atoms with Crippen molar-refractivity contribution in [3.8, 4) is 0 Å². The second-order valence-electron chi connectivity index (χ2n) is 1.74. The highest BCUT2D eigenvalue weighted by molar-refractivity contribution is 7.90. The van der Waals surface area contributed by atoms with E-state index < -0.39 is 16.0 Å². The fourth-order valence-corrected chi connectivity index (χ4v) is 0.666. The lowest BCUT2D eigenvalue weighted by Crippen LogP contribution is -2.12. The van der Waals surface area contributed by atoms with Crippen LogP contribution in [0, 0.1) is 0 Å². The molecule has 0 aromatic rings. The molecule has 0 heterocycles. The third kappa shape index (κ3) is 7.22. The molecule has 0 rings (SSSR count). The van der Waals surface area contributed by atoms with Crippen LogP contribution in [0.25, 0.3) is 0 Å². The molecular formula is C4H8O5S. The van der Waals surface area contributed by atoms with Crippen LogP contribution in [-0.2, 0) is 14.6 Å². The van der Waals surface area contributed by atoms with Crippen LogP contribution in [0.4, 0.5) is 4.79 Å². The summed E-state index contributed by atoms with van der Waals surface area (Å²) in [6.45, 7) is -0.297. The topological polar surface area (TPSA) is 80.7 Å². The minimum absolute atomic E-state index is 0.265. The van der Waals surface area contributed by atoms with Crippen LogP contribution in [-0.4, -0.2) is 38.3 Å². The van der Waals surface area contributed by atoms with Crippen molar-refractivity contribution in [2.24, 2.45) is 0 Å². The van der Waals surface area contributed by atoms with E-state index in [9.17, 15) is 13.2 Å². The number of hydrogen-bond donors (Lipinski definition) is 1. The predicted octanol–water partition coefficient (Wildman–Crippen LogP) is -0.274. The Bertz CT molecular complexity index is 204. The zero-order valence-electron chi connectivity index (χ0n) is 5.40. The Morgan fingerprint density at radius 1 is 1.60 bits per heavy atom. The van der Waals surface area contributed by atoms with Gasteiger partial charge >= 0.3 is 6.16 Å². The highest BCUT2D eigenvalue weighted by Crippen LogP contribution is 1.83. The van der Waals surface area contributed by atoms with Gasteiger partial charge in [-0.3, -0.25) is 0 Å². The van der Waals surface area contributed by atoms with Gasteiger partial charge in [0.1, 0.15) is 6.61 Å². The Kier molecular flexibility index (Phi) is 3.14. The molecule has 0 aromatic heterocycles. The van der Waals surface area contributed by atoms with Gasteiger partial charge in [0, 0.05) is 6.26 Å². The Labute approximate surface area is 58.5 Å². The maximum absolute atomic E-state index is 10.3. The molecule has 0 bridgehead atoms. The normalized spacial score (nSPS) is 10.9. The van der Waals surface area contributed by atoms with Gasteiger partial charge in [-0.05, 0) is 0 Å². The van der Waals surface area contributed by atoms with Crippen LogP contribution in [0.2, 0.25) is 0 Å². The lowest BCUT2D eigenvalue weighted by molar-refractivity contribution is 0.0972. The first-order valence-corrected chi connectivity index (χ1v) is 4.51. The van der Waals surface area contributed by atoms with Crippen molar-refractivity contribution in [1.82, 2.24) is 0 Å². The molecule has 0 atom stereocenters. The van der Waals surface area contributed by atoms with Crippen molar-refractivity contribution in [3.63, 3.8) is 0 Å². The number of carboxylic acid groups (broad SMARTS) is 1. The Hall–Kier alpha value is -0.780. The number of sulfone groups is 1. The van der Waals surface area contributed by atoms with Gasteiger partial charge in [0.25, 0.3) is 0 Å². The van der Waals surface area contributed by atoms with E-state index in [1.54, 1.807) is 0 Å². The highest BCUT2D eigenvalue weighted by Gasteiger charge is 2.03. The van der Waals surface area contributed by atoms with Crippen LogP contribution < -0.4 is 0 Å². The van der Waals surface area contributed by atoms with Crippen molar-refractivity contribution in [2.75, 3.05) is 18.6 Å². The molecule has 0 fully saturated rings. The Morgan fingerprint density at radius 3 is 2.40 bits per heavy atom. The fraction of sp³-hybridized carbons (Fsp3) is 0.750. The smallest absolute Gasteiger partial charge is 0.450 e. The van der Waals surface area contributed by atoms with Gasteiger partial charge in [0.15, 0.2) is 9.84 Å². The minimum atomic E-state index is -3.11. The van der Waals surface area contributed by atoms with Gasteiger partial charge in [-0.2, -0.15) is 0 Å². The maximum Gasteiger partial charge on any atom is 0.505 e. The number of carbonyl (C=O) groups is 1. The summed E-state index contributed by atoms with van der Waals surface area (Å²) in [6.07, 6.45) is -0.443. The molecule has 6 heteroatoms. The third-order valence-corrected chi connectivity index (χ3v) is 1.59. The molecule has 10 heavy (non-hydrogen) atoms. The summed E-state index contributed by atoms with van der Waals surface area (Å²) in [7, 11) is -3.11. The quantitative estimate of drug-likeness (QED) is 0.586. The van der Waals surface area contributed by atoms with Crippen molar-refractivity contribution >= 4 is 16.0 Å². The summed E-state index contributed by atoms with van der Waals surface area (Å²) in [5.41, 5.74) is 0. The van der Waals surface area contributed by atoms with Crippen LogP contribution in [0.1, 0.15) is 0 Å². The zero-order valence-corrected chi connectivity index (χ0v) is 6.22. The summed E-state index contributed by atoms with van der Waals surface area (Å²) in [5, 5.41) is 7.89. The van der Waals surface area contributed by atoms with Crippen molar-refractivity contribution in [1.29, 1.82) is 0 Å². The average molecular weight is 168 g/mol. The molecule has 0 aromatic carbocycles. The molecular weight excluding hydrogens is 160 g/mol. The van der Waals surface area contributed by atoms with E-state index in [0.29, 0.717) is 0 Å². The number of hydrogen-bond acceptors (Lipinski definition) is 4. The maximum atomic E-state index is 10.3. The van der Waals surface area contributed by atoms with Crippen molar-refractivity contribution in [3.05, 3.63) is 0 Å². The Balaban J connectivity index is 3.49. The van der Waals surface area contributed by atoms with E-state index in [4.69, 9.17) is 5.11 Å². The standard InChI is InChI=1S/C4H8O5S/c1-10(7,8)3-2-9-4(5)6/h2-3H2,1H3,(H,5,6). The first kappa shape index (κ1) is 9.22. The van der Waals surface area contributed by atoms with E-state index in [1.165, 1.54) is 0 Å². The molecule has 60 valence electrons. The molecule has 0 amide bonds. The largest absolute Gasteiger partial charge is 0.505 e. The van der Waals surface area contributed by atoms with Crippen molar-refractivity contribution < 1.29 is 23.1 Å². The zero-order chi connectivity index (χ0) is 8.20. The van der Waals surface area contributed by atoms with Crippen molar-refractivity contribution in [2.45, 2.75) is 0 Å². The van der Waals surface area contributed by atoms with Gasteiger partial charge in [-0.25, -0.2) is 13.2 Å². The molecule has 0 spiro atoms. The second kappa shape index (κ2) is 3.40. The molecule has 0 aliphatic rings. The van der Waals surface area contributed by atoms with Gasteiger partial charge < -0.3 is 9.84 Å². The fourth-order valence-electron chi connectivity index (χ4n) is 0.280. The summed E-state index contributed by atoms with van der Waals surface area (Å²) in [6, 6.07) is 0. The second-order valence-corrected chi connectivity index (χ2v) is 4.00. The van der Waals surface area contributed by atoms with E-state index in [-0.39, 0.29) is 12.4 Å². The van der Waals surface area contributed by atoms with Gasteiger partial charge in [-0.15, -0.1) is 0 Å². The van der Waals surface area contributed by atoms with Crippen LogP contribution in [0.15, 0.2) is 0 Å². The SMILES string of the molecule is CS(=O)(=O)CCOC(=O)O. The minimum Gasteiger partial charge on any atom is -0.450 e. The number of ether oxygens (including phenoxy) is 1. The average Bonchev–Trinajstić information content (AvgIpc) is 1.59. The highest BCUT2D eigenvalue weighted by atomic mass is 32.2. The molecule has 1 N–H and O–H groups in total. The Morgan fingerprint density at radius 2 is 2.10 bits per heavy atom. The summed E-state index contributed by atoms with van der Waals surface area (Å²) < 4.78 is 24.6. The lowest BCUT2D eigenvalue weighted by Gasteiger charge is -1.96. The van der Waals surface area contributed by atoms with Crippen LogP contribution in [0.5, 0.6) is 0 Å².